The van der Waals surface area contributed by atoms with Crippen molar-refractivity contribution in [1.29, 1.82) is 0 Å². The smallest absolute Gasteiger partial charge is 0.244 e. The van der Waals surface area contributed by atoms with Crippen LogP contribution in [0, 0.1) is 5.82 Å². The molecule has 3 aromatic carbocycles. The molecule has 2 amide bonds. The molecule has 0 fully saturated rings. The zero-order chi connectivity index (χ0) is 30.1. The highest BCUT2D eigenvalue weighted by Crippen LogP contribution is 2.34. The van der Waals surface area contributed by atoms with E-state index in [4.69, 9.17) is 9.47 Å². The molecule has 0 aromatic heterocycles. The highest BCUT2D eigenvalue weighted by atomic mass is 32.2. The van der Waals surface area contributed by atoms with Crippen LogP contribution in [0.2, 0.25) is 0 Å². The number of ether oxygens (including phenoxy) is 2. The Hall–Kier alpha value is -4.12. The fourth-order valence-electron chi connectivity index (χ4n) is 4.65. The van der Waals surface area contributed by atoms with E-state index >= 15 is 0 Å². The van der Waals surface area contributed by atoms with Crippen LogP contribution in [-0.4, -0.2) is 63.7 Å². The van der Waals surface area contributed by atoms with E-state index < -0.39 is 34.3 Å². The van der Waals surface area contributed by atoms with Gasteiger partial charge in [0.25, 0.3) is 0 Å². The SMILES string of the molecule is CCCCNC(=O)[C@H](Cc1ccccc1)N(Cc1ccc(F)cc1)C(=O)CN(c1ccc2c(c1)OCCO2)S(C)(=O)=O. The van der Waals surface area contributed by atoms with Gasteiger partial charge >= 0.3 is 0 Å². The van der Waals surface area contributed by atoms with Crippen molar-refractivity contribution in [3.05, 3.63) is 89.7 Å². The second-order valence-corrected chi connectivity index (χ2v) is 12.0. The number of hydrogen-bond acceptors (Lipinski definition) is 6. The Balaban J connectivity index is 1.70. The van der Waals surface area contributed by atoms with Gasteiger partial charge in [-0.05, 0) is 41.8 Å². The number of amides is 2. The molecule has 1 atom stereocenters. The molecule has 1 N–H and O–H groups in total. The van der Waals surface area contributed by atoms with E-state index in [0.29, 0.717) is 36.8 Å². The molecular weight excluding hydrogens is 561 g/mol. The lowest BCUT2D eigenvalue weighted by Crippen LogP contribution is -2.53. The van der Waals surface area contributed by atoms with E-state index in [1.54, 1.807) is 24.3 Å². The number of carbonyl (C=O) groups excluding carboxylic acids is 2. The minimum Gasteiger partial charge on any atom is -0.486 e. The molecule has 224 valence electrons. The van der Waals surface area contributed by atoms with Gasteiger partial charge in [-0.25, -0.2) is 12.8 Å². The first-order chi connectivity index (χ1) is 20.2. The van der Waals surface area contributed by atoms with Crippen molar-refractivity contribution >= 4 is 27.5 Å². The van der Waals surface area contributed by atoms with Gasteiger partial charge in [0.05, 0.1) is 11.9 Å². The quantitative estimate of drug-likeness (QED) is 0.300. The number of halogens is 1. The molecule has 1 aliphatic heterocycles. The summed E-state index contributed by atoms with van der Waals surface area (Å²) in [6, 6.07) is 18.6. The highest BCUT2D eigenvalue weighted by molar-refractivity contribution is 7.92. The molecule has 0 aliphatic carbocycles. The molecule has 4 rings (SSSR count). The average molecular weight is 598 g/mol. The second kappa shape index (κ2) is 14.2. The third-order valence-electron chi connectivity index (χ3n) is 6.86. The largest absolute Gasteiger partial charge is 0.486 e. The molecule has 11 heteroatoms. The molecule has 0 saturated heterocycles. The van der Waals surface area contributed by atoms with Crippen LogP contribution in [0.25, 0.3) is 0 Å². The van der Waals surface area contributed by atoms with Crippen LogP contribution in [0.4, 0.5) is 10.1 Å². The average Bonchev–Trinajstić information content (AvgIpc) is 2.98. The van der Waals surface area contributed by atoms with Crippen molar-refractivity contribution in [2.24, 2.45) is 0 Å². The topological polar surface area (TPSA) is 105 Å². The minimum atomic E-state index is -3.93. The summed E-state index contributed by atoms with van der Waals surface area (Å²) < 4.78 is 51.8. The van der Waals surface area contributed by atoms with Crippen molar-refractivity contribution in [1.82, 2.24) is 10.2 Å². The number of unbranched alkanes of at least 4 members (excludes halogenated alkanes) is 1. The Morgan fingerprint density at radius 2 is 1.64 bits per heavy atom. The Morgan fingerprint density at radius 3 is 2.31 bits per heavy atom. The van der Waals surface area contributed by atoms with Crippen molar-refractivity contribution < 1.29 is 31.9 Å². The lowest BCUT2D eigenvalue weighted by atomic mass is 10.0. The third-order valence-corrected chi connectivity index (χ3v) is 8.00. The number of rotatable bonds is 13. The van der Waals surface area contributed by atoms with Gasteiger partial charge in [0.15, 0.2) is 11.5 Å². The van der Waals surface area contributed by atoms with Gasteiger partial charge in [-0.3, -0.25) is 13.9 Å². The van der Waals surface area contributed by atoms with Crippen molar-refractivity contribution in [2.75, 3.05) is 36.9 Å². The van der Waals surface area contributed by atoms with Gasteiger partial charge < -0.3 is 19.7 Å². The van der Waals surface area contributed by atoms with Crippen LogP contribution in [0.3, 0.4) is 0 Å². The summed E-state index contributed by atoms with van der Waals surface area (Å²) in [5.74, 6) is -0.523. The summed E-state index contributed by atoms with van der Waals surface area (Å²) in [7, 11) is -3.93. The van der Waals surface area contributed by atoms with Crippen molar-refractivity contribution in [3.8, 4) is 11.5 Å². The molecule has 0 bridgehead atoms. The number of benzene rings is 3. The van der Waals surface area contributed by atoms with Gasteiger partial charge in [-0.15, -0.1) is 0 Å². The summed E-state index contributed by atoms with van der Waals surface area (Å²) in [6.07, 6.45) is 2.86. The normalized spacial score (nSPS) is 13.2. The van der Waals surface area contributed by atoms with Crippen LogP contribution >= 0.6 is 0 Å². The zero-order valence-electron chi connectivity index (χ0n) is 23.8. The van der Waals surface area contributed by atoms with Crippen LogP contribution < -0.4 is 19.1 Å². The van der Waals surface area contributed by atoms with Gasteiger partial charge in [-0.2, -0.15) is 0 Å². The van der Waals surface area contributed by atoms with Gasteiger partial charge in [0.1, 0.15) is 31.6 Å². The fourth-order valence-corrected chi connectivity index (χ4v) is 5.49. The minimum absolute atomic E-state index is 0.0312. The zero-order valence-corrected chi connectivity index (χ0v) is 24.6. The standard InChI is InChI=1S/C31H36FN3O6S/c1-3-4-16-33-31(37)27(19-23-8-6-5-7-9-23)34(21-24-10-12-25(32)13-11-24)30(36)22-35(42(2,38)39)26-14-15-28-29(20-26)41-18-17-40-28/h5-15,20,27H,3-4,16-19,21-22H2,1-2H3,(H,33,37)/t27-/m0/s1. The predicted octanol–water partition coefficient (Wildman–Crippen LogP) is 3.92. The molecule has 1 aliphatic rings. The maximum absolute atomic E-state index is 14.1. The first kappa shape index (κ1) is 30.8. The molecule has 0 spiro atoms. The Labute approximate surface area is 246 Å². The van der Waals surface area contributed by atoms with E-state index in [2.05, 4.69) is 5.32 Å². The van der Waals surface area contributed by atoms with E-state index in [9.17, 15) is 22.4 Å². The number of hydrogen-bond donors (Lipinski definition) is 1. The first-order valence-electron chi connectivity index (χ1n) is 13.9. The number of fused-ring (bicyclic) bond motifs is 1. The van der Waals surface area contributed by atoms with E-state index in [1.807, 2.05) is 37.3 Å². The van der Waals surface area contributed by atoms with Crippen molar-refractivity contribution in [3.63, 3.8) is 0 Å². The summed E-state index contributed by atoms with van der Waals surface area (Å²) in [4.78, 5) is 29.1. The van der Waals surface area contributed by atoms with Gasteiger partial charge in [0.2, 0.25) is 21.8 Å². The first-order valence-corrected chi connectivity index (χ1v) is 15.7. The van der Waals surface area contributed by atoms with Crippen molar-refractivity contribution in [2.45, 2.75) is 38.8 Å². The van der Waals surface area contributed by atoms with Crippen LogP contribution in [0.1, 0.15) is 30.9 Å². The molecule has 3 aromatic rings. The Morgan fingerprint density at radius 1 is 0.952 bits per heavy atom. The number of nitrogens with one attached hydrogen (secondary N) is 1. The molecule has 1 heterocycles. The molecular formula is C31H36FN3O6S. The van der Waals surface area contributed by atoms with Gasteiger partial charge in [-0.1, -0.05) is 55.8 Å². The molecule has 0 radical (unpaired) electrons. The molecule has 0 unspecified atom stereocenters. The number of anilines is 1. The molecule has 0 saturated carbocycles. The summed E-state index contributed by atoms with van der Waals surface area (Å²) >= 11 is 0. The van der Waals surface area contributed by atoms with E-state index in [0.717, 1.165) is 29.0 Å². The van der Waals surface area contributed by atoms with E-state index in [-0.39, 0.29) is 24.6 Å². The fraction of sp³-hybridized carbons (Fsp3) is 0.355. The maximum atomic E-state index is 14.1. The number of carbonyl (C=O) groups is 2. The number of sulfonamides is 1. The molecule has 42 heavy (non-hydrogen) atoms. The third kappa shape index (κ3) is 8.22. The summed E-state index contributed by atoms with van der Waals surface area (Å²) in [6.45, 7) is 2.54. The second-order valence-electron chi connectivity index (χ2n) is 10.1. The van der Waals surface area contributed by atoms with Crippen LogP contribution in [0.15, 0.2) is 72.8 Å². The lowest BCUT2D eigenvalue weighted by Gasteiger charge is -2.33. The van der Waals surface area contributed by atoms with Crippen LogP contribution in [0.5, 0.6) is 11.5 Å². The summed E-state index contributed by atoms with van der Waals surface area (Å²) in [5.41, 5.74) is 1.65. The van der Waals surface area contributed by atoms with Gasteiger partial charge in [0, 0.05) is 25.6 Å². The maximum Gasteiger partial charge on any atom is 0.244 e. The Bertz CT molecular complexity index is 1470. The number of nitrogens with zero attached hydrogens (tertiary/aromatic N) is 2. The van der Waals surface area contributed by atoms with E-state index in [1.165, 1.54) is 23.1 Å². The lowest BCUT2D eigenvalue weighted by molar-refractivity contribution is -0.140. The summed E-state index contributed by atoms with van der Waals surface area (Å²) in [5, 5.41) is 2.93. The predicted molar refractivity (Wildman–Crippen MR) is 158 cm³/mol. The highest BCUT2D eigenvalue weighted by Gasteiger charge is 2.33. The van der Waals surface area contributed by atoms with Crippen LogP contribution in [-0.2, 0) is 32.6 Å². The monoisotopic (exact) mass is 597 g/mol. The Kier molecular flexibility index (Phi) is 10.4. The molecule has 9 nitrogen and oxygen atoms in total.